The fraction of sp³-hybridized carbons (Fsp3) is 0.167. The highest BCUT2D eigenvalue weighted by molar-refractivity contribution is 5.88. The normalized spacial score (nSPS) is 11.4. The highest BCUT2D eigenvalue weighted by Gasteiger charge is 2.15. The summed E-state index contributed by atoms with van der Waals surface area (Å²) in [7, 11) is 1.71. The number of aromatic carboxylic acids is 1. The van der Waals surface area contributed by atoms with E-state index < -0.39 is 5.97 Å². The number of aromatic nitrogens is 3. The second-order valence-corrected chi connectivity index (χ2v) is 4.15. The van der Waals surface area contributed by atoms with Crippen molar-refractivity contribution in [2.24, 2.45) is 7.05 Å². The maximum absolute atomic E-state index is 11.0. The van der Waals surface area contributed by atoms with E-state index in [9.17, 15) is 4.79 Å². The molecule has 86 valence electrons. The van der Waals surface area contributed by atoms with Crippen molar-refractivity contribution in [2.45, 2.75) is 6.92 Å². The van der Waals surface area contributed by atoms with Crippen LogP contribution in [0.4, 0.5) is 0 Å². The minimum absolute atomic E-state index is 0.232. The molecule has 0 unspecified atom stereocenters. The van der Waals surface area contributed by atoms with Crippen LogP contribution in [0.2, 0.25) is 0 Å². The number of carbonyl (C=O) groups is 1. The van der Waals surface area contributed by atoms with Gasteiger partial charge in [-0.3, -0.25) is 4.40 Å². The van der Waals surface area contributed by atoms with Crippen LogP contribution in [0.15, 0.2) is 24.4 Å². The van der Waals surface area contributed by atoms with Crippen LogP contribution in [-0.4, -0.2) is 25.0 Å². The van der Waals surface area contributed by atoms with Gasteiger partial charge in [0.15, 0.2) is 0 Å². The third-order valence-electron chi connectivity index (χ3n) is 2.96. The average molecular weight is 229 g/mol. The highest BCUT2D eigenvalue weighted by atomic mass is 16.4. The SMILES string of the molecule is Cc1ccc2nc3n(C)c(C(=O)O)cn3c2c1. The number of benzene rings is 1. The Balaban J connectivity index is 2.47. The van der Waals surface area contributed by atoms with Crippen LogP contribution in [0, 0.1) is 6.92 Å². The van der Waals surface area contributed by atoms with Crippen molar-refractivity contribution in [1.29, 1.82) is 0 Å². The average Bonchev–Trinajstić information content (AvgIpc) is 2.77. The van der Waals surface area contributed by atoms with Gasteiger partial charge in [-0.1, -0.05) is 6.07 Å². The van der Waals surface area contributed by atoms with Gasteiger partial charge in [-0.05, 0) is 24.6 Å². The van der Waals surface area contributed by atoms with E-state index in [0.717, 1.165) is 16.6 Å². The molecule has 0 radical (unpaired) electrons. The summed E-state index contributed by atoms with van der Waals surface area (Å²) in [4.78, 5) is 15.5. The third kappa shape index (κ3) is 1.25. The summed E-state index contributed by atoms with van der Waals surface area (Å²) >= 11 is 0. The molecular formula is C12H11N3O2. The van der Waals surface area contributed by atoms with Crippen LogP contribution < -0.4 is 0 Å². The molecule has 0 atom stereocenters. The smallest absolute Gasteiger partial charge is 0.354 e. The van der Waals surface area contributed by atoms with Crippen molar-refractivity contribution in [3.63, 3.8) is 0 Å². The zero-order valence-corrected chi connectivity index (χ0v) is 9.51. The van der Waals surface area contributed by atoms with Crippen molar-refractivity contribution in [3.8, 4) is 0 Å². The first kappa shape index (κ1) is 9.89. The number of carboxylic acids is 1. The van der Waals surface area contributed by atoms with Gasteiger partial charge in [0.05, 0.1) is 11.0 Å². The predicted molar refractivity (Wildman–Crippen MR) is 63.4 cm³/mol. The number of imidazole rings is 2. The topological polar surface area (TPSA) is 59.5 Å². The van der Waals surface area contributed by atoms with Crippen molar-refractivity contribution < 1.29 is 9.90 Å². The molecule has 3 aromatic rings. The molecule has 0 saturated carbocycles. The Kier molecular flexibility index (Phi) is 1.80. The Morgan fingerprint density at radius 2 is 2.18 bits per heavy atom. The minimum Gasteiger partial charge on any atom is -0.477 e. The second kappa shape index (κ2) is 3.10. The number of nitrogens with zero attached hydrogens (tertiary/aromatic N) is 3. The quantitative estimate of drug-likeness (QED) is 0.692. The van der Waals surface area contributed by atoms with E-state index in [1.165, 1.54) is 0 Å². The largest absolute Gasteiger partial charge is 0.477 e. The van der Waals surface area contributed by atoms with E-state index >= 15 is 0 Å². The fourth-order valence-corrected chi connectivity index (χ4v) is 2.07. The Morgan fingerprint density at radius 1 is 1.41 bits per heavy atom. The lowest BCUT2D eigenvalue weighted by Gasteiger charge is -1.94. The van der Waals surface area contributed by atoms with E-state index in [2.05, 4.69) is 4.98 Å². The van der Waals surface area contributed by atoms with Gasteiger partial charge < -0.3 is 9.67 Å². The first-order valence-electron chi connectivity index (χ1n) is 5.25. The summed E-state index contributed by atoms with van der Waals surface area (Å²) in [6.45, 7) is 2.00. The molecule has 0 aliphatic rings. The van der Waals surface area contributed by atoms with Crippen LogP contribution >= 0.6 is 0 Å². The number of hydrogen-bond donors (Lipinski definition) is 1. The minimum atomic E-state index is -0.946. The van der Waals surface area contributed by atoms with E-state index in [1.807, 2.05) is 29.5 Å². The number of fused-ring (bicyclic) bond motifs is 3. The number of hydrogen-bond acceptors (Lipinski definition) is 2. The Bertz CT molecular complexity index is 752. The van der Waals surface area contributed by atoms with Crippen molar-refractivity contribution in [3.05, 3.63) is 35.7 Å². The Labute approximate surface area is 96.9 Å². The summed E-state index contributed by atoms with van der Waals surface area (Å²) in [5, 5.41) is 9.05. The van der Waals surface area contributed by atoms with Gasteiger partial charge >= 0.3 is 5.97 Å². The van der Waals surface area contributed by atoms with Gasteiger partial charge in [-0.2, -0.15) is 0 Å². The first-order chi connectivity index (χ1) is 8.08. The van der Waals surface area contributed by atoms with E-state index in [0.29, 0.717) is 5.78 Å². The predicted octanol–water partition coefficient (Wildman–Crippen LogP) is 1.83. The lowest BCUT2D eigenvalue weighted by Crippen LogP contribution is -2.03. The van der Waals surface area contributed by atoms with Crippen LogP contribution in [-0.2, 0) is 7.05 Å². The molecule has 0 amide bonds. The second-order valence-electron chi connectivity index (χ2n) is 4.15. The lowest BCUT2D eigenvalue weighted by molar-refractivity contribution is 0.0687. The van der Waals surface area contributed by atoms with Gasteiger partial charge in [0.2, 0.25) is 5.78 Å². The van der Waals surface area contributed by atoms with Crippen molar-refractivity contribution in [2.75, 3.05) is 0 Å². The van der Waals surface area contributed by atoms with Crippen molar-refractivity contribution >= 4 is 22.8 Å². The summed E-state index contributed by atoms with van der Waals surface area (Å²) < 4.78 is 3.39. The number of rotatable bonds is 1. The molecule has 5 heteroatoms. The molecule has 5 nitrogen and oxygen atoms in total. The molecule has 2 aromatic heterocycles. The van der Waals surface area contributed by atoms with Crippen molar-refractivity contribution in [1.82, 2.24) is 14.0 Å². The van der Waals surface area contributed by atoms with Gasteiger partial charge in [0.1, 0.15) is 5.69 Å². The molecule has 3 rings (SSSR count). The van der Waals surface area contributed by atoms with Crippen LogP contribution in [0.25, 0.3) is 16.8 Å². The molecule has 0 aliphatic carbocycles. The van der Waals surface area contributed by atoms with E-state index in [4.69, 9.17) is 5.11 Å². The Hall–Kier alpha value is -2.30. The molecule has 0 fully saturated rings. The molecule has 2 heterocycles. The molecule has 0 bridgehead atoms. The standard InChI is InChI=1S/C12H11N3O2/c1-7-3-4-8-9(5-7)15-6-10(11(16)17)14(2)12(15)13-8/h3-6H,1-2H3,(H,16,17). The summed E-state index contributed by atoms with van der Waals surface area (Å²) in [5.74, 6) is -0.304. The molecule has 0 spiro atoms. The van der Waals surface area contributed by atoms with E-state index in [-0.39, 0.29) is 5.69 Å². The molecule has 1 aromatic carbocycles. The van der Waals surface area contributed by atoms with Gasteiger partial charge in [-0.15, -0.1) is 0 Å². The summed E-state index contributed by atoms with van der Waals surface area (Å²) in [6, 6.07) is 5.94. The van der Waals surface area contributed by atoms with Crippen LogP contribution in [0.3, 0.4) is 0 Å². The van der Waals surface area contributed by atoms with E-state index in [1.54, 1.807) is 17.8 Å². The molecule has 0 saturated heterocycles. The van der Waals surface area contributed by atoms with Gasteiger partial charge in [0.25, 0.3) is 0 Å². The lowest BCUT2D eigenvalue weighted by atomic mass is 10.2. The van der Waals surface area contributed by atoms with Gasteiger partial charge in [-0.25, -0.2) is 9.78 Å². The third-order valence-corrected chi connectivity index (χ3v) is 2.96. The maximum Gasteiger partial charge on any atom is 0.354 e. The zero-order chi connectivity index (χ0) is 12.2. The molecule has 1 N–H and O–H groups in total. The molecule has 17 heavy (non-hydrogen) atoms. The maximum atomic E-state index is 11.0. The Morgan fingerprint density at radius 3 is 2.88 bits per heavy atom. The number of carboxylic acid groups (broad SMARTS) is 1. The monoisotopic (exact) mass is 229 g/mol. The summed E-state index contributed by atoms with van der Waals surface area (Å²) in [6.07, 6.45) is 1.60. The number of aryl methyl sites for hydroxylation is 2. The molecule has 0 aliphatic heterocycles. The first-order valence-corrected chi connectivity index (χ1v) is 5.25. The summed E-state index contributed by atoms with van der Waals surface area (Å²) in [5.41, 5.74) is 3.16. The van der Waals surface area contributed by atoms with Crippen LogP contribution in [0.1, 0.15) is 16.1 Å². The van der Waals surface area contributed by atoms with Gasteiger partial charge in [0, 0.05) is 13.2 Å². The van der Waals surface area contributed by atoms with Crippen LogP contribution in [0.5, 0.6) is 0 Å². The highest BCUT2D eigenvalue weighted by Crippen LogP contribution is 2.20. The molecular weight excluding hydrogens is 218 g/mol. The zero-order valence-electron chi connectivity index (χ0n) is 9.51. The fourth-order valence-electron chi connectivity index (χ4n) is 2.07.